The van der Waals surface area contributed by atoms with Gasteiger partial charge in [-0.2, -0.15) is 0 Å². The highest BCUT2D eigenvalue weighted by molar-refractivity contribution is 6.09. The average Bonchev–Trinajstić information content (AvgIpc) is 3.05. The summed E-state index contributed by atoms with van der Waals surface area (Å²) in [5.41, 5.74) is -0.127. The van der Waals surface area contributed by atoms with Crippen molar-refractivity contribution in [3.8, 4) is 5.75 Å². The Kier molecular flexibility index (Phi) is 6.28. The minimum Gasteiger partial charge on any atom is -0.497 e. The van der Waals surface area contributed by atoms with Gasteiger partial charge in [-0.25, -0.2) is 4.79 Å². The molecule has 0 unspecified atom stereocenters. The van der Waals surface area contributed by atoms with Gasteiger partial charge >= 0.3 is 6.03 Å². The van der Waals surface area contributed by atoms with E-state index in [9.17, 15) is 14.4 Å². The van der Waals surface area contributed by atoms with Gasteiger partial charge in [-0.05, 0) is 67.8 Å². The average molecular weight is 474 g/mol. The molecule has 4 rings (SSSR count). The highest BCUT2D eigenvalue weighted by Gasteiger charge is 2.50. The lowest BCUT2D eigenvalue weighted by atomic mass is 9.90. The van der Waals surface area contributed by atoms with Crippen LogP contribution in [0.25, 0.3) is 10.8 Å². The lowest BCUT2D eigenvalue weighted by Crippen LogP contribution is -2.50. The zero-order valence-electron chi connectivity index (χ0n) is 20.8. The number of urea groups is 1. The van der Waals surface area contributed by atoms with E-state index in [1.165, 1.54) is 0 Å². The molecule has 0 saturated carbocycles. The van der Waals surface area contributed by atoms with E-state index >= 15 is 0 Å². The third kappa shape index (κ3) is 4.71. The first-order valence-electron chi connectivity index (χ1n) is 11.6. The van der Waals surface area contributed by atoms with Gasteiger partial charge in [0, 0.05) is 12.1 Å². The highest BCUT2D eigenvalue weighted by atomic mass is 16.5. The number of rotatable bonds is 6. The second kappa shape index (κ2) is 9.06. The van der Waals surface area contributed by atoms with E-state index in [2.05, 4.69) is 5.32 Å². The molecule has 0 aromatic heterocycles. The van der Waals surface area contributed by atoms with Crippen LogP contribution >= 0.6 is 0 Å². The van der Waals surface area contributed by atoms with Crippen LogP contribution in [0.3, 0.4) is 0 Å². The zero-order chi connectivity index (χ0) is 25.4. The molecule has 3 aromatic rings. The second-order valence-corrected chi connectivity index (χ2v) is 10.0. The van der Waals surface area contributed by atoms with Gasteiger partial charge in [-0.1, -0.05) is 48.5 Å². The minimum atomic E-state index is -1.27. The first kappa shape index (κ1) is 24.3. The lowest BCUT2D eigenvalue weighted by Gasteiger charge is -2.36. The number of imide groups is 1. The molecule has 1 aliphatic rings. The van der Waals surface area contributed by atoms with Crippen LogP contribution in [0.5, 0.6) is 5.75 Å². The molecule has 0 bridgehead atoms. The van der Waals surface area contributed by atoms with Gasteiger partial charge in [0.15, 0.2) is 0 Å². The van der Waals surface area contributed by atoms with E-state index in [0.29, 0.717) is 12.1 Å². The first-order valence-corrected chi connectivity index (χ1v) is 11.6. The molecule has 7 heteroatoms. The number of benzene rings is 3. The summed E-state index contributed by atoms with van der Waals surface area (Å²) in [6.07, 6.45) is 0. The number of methoxy groups -OCH3 is 1. The van der Waals surface area contributed by atoms with Crippen LogP contribution in [0.4, 0.5) is 4.79 Å². The van der Waals surface area contributed by atoms with Crippen molar-refractivity contribution in [3.05, 3.63) is 77.9 Å². The summed E-state index contributed by atoms with van der Waals surface area (Å²) in [6.45, 7) is 7.55. The number of amides is 4. The predicted octanol–water partition coefficient (Wildman–Crippen LogP) is 4.44. The van der Waals surface area contributed by atoms with Gasteiger partial charge < -0.3 is 15.0 Å². The molecule has 1 atom stereocenters. The SMILES string of the molecule is COc1ccc2cc([C@]3(C)NC(=O)N(CC(=O)N(Cc4ccccc4)C(C)(C)C)C3=O)ccc2c1. The molecule has 182 valence electrons. The quantitative estimate of drug-likeness (QED) is 0.537. The van der Waals surface area contributed by atoms with Crippen molar-refractivity contribution in [1.82, 2.24) is 15.1 Å². The molecule has 0 aliphatic carbocycles. The van der Waals surface area contributed by atoms with E-state index < -0.39 is 23.0 Å². The molecule has 1 fully saturated rings. The van der Waals surface area contributed by atoms with Gasteiger partial charge in [0.2, 0.25) is 5.91 Å². The number of hydrogen-bond donors (Lipinski definition) is 1. The molecular formula is C28H31N3O4. The molecule has 4 amide bonds. The third-order valence-corrected chi connectivity index (χ3v) is 6.49. The highest BCUT2D eigenvalue weighted by Crippen LogP contribution is 2.32. The Morgan fingerprint density at radius 2 is 1.66 bits per heavy atom. The van der Waals surface area contributed by atoms with Crippen molar-refractivity contribution in [3.63, 3.8) is 0 Å². The standard InChI is InChI=1S/C28H31N3O4/c1-27(2,3)31(17-19-9-7-6-8-10-19)24(32)18-30-25(33)28(4,29-26(30)34)22-13-11-21-16-23(35-5)14-12-20(21)15-22/h6-16H,17-18H2,1-5H3,(H,29,34)/t28-/m0/s1. The van der Waals surface area contributed by atoms with E-state index in [0.717, 1.165) is 27.0 Å². The predicted molar refractivity (Wildman–Crippen MR) is 135 cm³/mol. The Bertz CT molecular complexity index is 1280. The van der Waals surface area contributed by atoms with Crippen LogP contribution in [0.2, 0.25) is 0 Å². The molecule has 1 saturated heterocycles. The summed E-state index contributed by atoms with van der Waals surface area (Å²) in [7, 11) is 1.61. The molecular weight excluding hydrogens is 442 g/mol. The van der Waals surface area contributed by atoms with Gasteiger partial charge in [-0.3, -0.25) is 14.5 Å². The Morgan fingerprint density at radius 3 is 2.31 bits per heavy atom. The molecule has 0 spiro atoms. The number of carbonyl (C=O) groups is 3. The fourth-order valence-electron chi connectivity index (χ4n) is 4.38. The summed E-state index contributed by atoms with van der Waals surface area (Å²) in [4.78, 5) is 42.5. The molecule has 3 aromatic carbocycles. The number of nitrogens with one attached hydrogen (secondary N) is 1. The lowest BCUT2D eigenvalue weighted by molar-refractivity contribution is -0.142. The summed E-state index contributed by atoms with van der Waals surface area (Å²) in [5.74, 6) is 0.00212. The van der Waals surface area contributed by atoms with Crippen LogP contribution in [-0.2, 0) is 21.7 Å². The monoisotopic (exact) mass is 473 g/mol. The number of fused-ring (bicyclic) bond motifs is 1. The topological polar surface area (TPSA) is 79.0 Å². The maximum atomic E-state index is 13.5. The van der Waals surface area contributed by atoms with Crippen LogP contribution in [-0.4, -0.2) is 46.8 Å². The smallest absolute Gasteiger partial charge is 0.325 e. The fourth-order valence-corrected chi connectivity index (χ4v) is 4.38. The Balaban J connectivity index is 1.57. The van der Waals surface area contributed by atoms with Gasteiger partial charge in [0.1, 0.15) is 17.8 Å². The van der Waals surface area contributed by atoms with Gasteiger partial charge in [0.05, 0.1) is 7.11 Å². The normalized spacial score (nSPS) is 18.0. The summed E-state index contributed by atoms with van der Waals surface area (Å²) < 4.78 is 5.28. The zero-order valence-corrected chi connectivity index (χ0v) is 20.8. The molecule has 1 heterocycles. The number of nitrogens with zero attached hydrogens (tertiary/aromatic N) is 2. The van der Waals surface area contributed by atoms with Crippen LogP contribution in [0.15, 0.2) is 66.7 Å². The Labute approximate surface area is 205 Å². The minimum absolute atomic E-state index is 0.292. The molecule has 1 N–H and O–H groups in total. The molecule has 7 nitrogen and oxygen atoms in total. The van der Waals surface area contributed by atoms with Gasteiger partial charge in [0.25, 0.3) is 5.91 Å². The number of hydrogen-bond acceptors (Lipinski definition) is 4. The van der Waals surface area contributed by atoms with Crippen molar-refractivity contribution in [1.29, 1.82) is 0 Å². The molecule has 0 radical (unpaired) electrons. The second-order valence-electron chi connectivity index (χ2n) is 10.0. The first-order chi connectivity index (χ1) is 16.5. The van der Waals surface area contributed by atoms with E-state index in [1.807, 2.05) is 87.5 Å². The van der Waals surface area contributed by atoms with Crippen LogP contribution in [0.1, 0.15) is 38.8 Å². The van der Waals surface area contributed by atoms with Gasteiger partial charge in [-0.15, -0.1) is 0 Å². The largest absolute Gasteiger partial charge is 0.497 e. The summed E-state index contributed by atoms with van der Waals surface area (Å²) in [6, 6.07) is 20.4. The van der Waals surface area contributed by atoms with Crippen LogP contribution < -0.4 is 10.1 Å². The maximum Gasteiger partial charge on any atom is 0.325 e. The van der Waals surface area contributed by atoms with Crippen molar-refractivity contribution in [2.45, 2.75) is 45.3 Å². The molecule has 1 aliphatic heterocycles. The van der Waals surface area contributed by atoms with Crippen molar-refractivity contribution < 1.29 is 19.1 Å². The van der Waals surface area contributed by atoms with E-state index in [4.69, 9.17) is 4.74 Å². The number of carbonyl (C=O) groups excluding carboxylic acids is 3. The van der Waals surface area contributed by atoms with Crippen LogP contribution in [0, 0.1) is 0 Å². The van der Waals surface area contributed by atoms with E-state index in [1.54, 1.807) is 18.9 Å². The van der Waals surface area contributed by atoms with Crippen molar-refractivity contribution in [2.75, 3.05) is 13.7 Å². The van der Waals surface area contributed by atoms with Crippen molar-refractivity contribution in [2.24, 2.45) is 0 Å². The summed E-state index contributed by atoms with van der Waals surface area (Å²) in [5, 5.41) is 4.69. The number of ether oxygens (including phenoxy) is 1. The van der Waals surface area contributed by atoms with Crippen molar-refractivity contribution >= 4 is 28.6 Å². The fraction of sp³-hybridized carbons (Fsp3) is 0.321. The Hall–Kier alpha value is -3.87. The third-order valence-electron chi connectivity index (χ3n) is 6.49. The maximum absolute atomic E-state index is 13.5. The molecule has 35 heavy (non-hydrogen) atoms. The summed E-state index contributed by atoms with van der Waals surface area (Å²) >= 11 is 0. The Morgan fingerprint density at radius 1 is 1.00 bits per heavy atom. The van der Waals surface area contributed by atoms with E-state index in [-0.39, 0.29) is 12.5 Å².